The molecule has 1 fully saturated rings. The van der Waals surface area contributed by atoms with E-state index in [1.165, 1.54) is 0 Å². The maximum Gasteiger partial charge on any atom is 0.160 e. The minimum atomic E-state index is -0.00356. The molecule has 1 saturated heterocycles. The quantitative estimate of drug-likeness (QED) is 0.660. The van der Waals surface area contributed by atoms with Gasteiger partial charge >= 0.3 is 0 Å². The Balaban J connectivity index is 2.66. The van der Waals surface area contributed by atoms with Crippen molar-refractivity contribution in [1.29, 1.82) is 0 Å². The van der Waals surface area contributed by atoms with Crippen molar-refractivity contribution >= 4 is 0 Å². The van der Waals surface area contributed by atoms with Crippen molar-refractivity contribution in [3.63, 3.8) is 0 Å². The van der Waals surface area contributed by atoms with Gasteiger partial charge in [0.15, 0.2) is 6.29 Å². The molecule has 0 amide bonds. The Labute approximate surface area is 81.6 Å². The van der Waals surface area contributed by atoms with Crippen LogP contribution in [0.25, 0.3) is 0 Å². The molecule has 78 valence electrons. The Morgan fingerprint density at radius 1 is 1.08 bits per heavy atom. The zero-order valence-corrected chi connectivity index (χ0v) is 9.41. The van der Waals surface area contributed by atoms with E-state index in [2.05, 4.69) is 27.7 Å². The molecule has 2 nitrogen and oxygen atoms in total. The normalized spacial score (nSPS) is 46.4. The van der Waals surface area contributed by atoms with Gasteiger partial charge < -0.3 is 9.47 Å². The first-order valence-electron chi connectivity index (χ1n) is 5.30. The van der Waals surface area contributed by atoms with Crippen molar-refractivity contribution < 1.29 is 9.47 Å². The maximum atomic E-state index is 5.86. The largest absolute Gasteiger partial charge is 0.356 e. The molecule has 0 aromatic heterocycles. The van der Waals surface area contributed by atoms with Crippen LogP contribution in [0.3, 0.4) is 0 Å². The van der Waals surface area contributed by atoms with Crippen LogP contribution in [0, 0.1) is 17.8 Å². The summed E-state index contributed by atoms with van der Waals surface area (Å²) in [5.41, 5.74) is 0. The summed E-state index contributed by atoms with van der Waals surface area (Å²) in [6, 6.07) is 0. The van der Waals surface area contributed by atoms with Crippen LogP contribution in [0.4, 0.5) is 0 Å². The van der Waals surface area contributed by atoms with E-state index < -0.39 is 0 Å². The molecule has 0 saturated carbocycles. The summed E-state index contributed by atoms with van der Waals surface area (Å²) in [5.74, 6) is 1.83. The van der Waals surface area contributed by atoms with Crippen molar-refractivity contribution in [2.75, 3.05) is 7.11 Å². The summed E-state index contributed by atoms with van der Waals surface area (Å²) < 4.78 is 11.2. The van der Waals surface area contributed by atoms with E-state index in [4.69, 9.17) is 9.47 Å². The third kappa shape index (κ3) is 2.05. The average Bonchev–Trinajstić information content (AvgIpc) is 2.15. The highest BCUT2D eigenvalue weighted by Crippen LogP contribution is 2.36. The predicted octanol–water partition coefficient (Wildman–Crippen LogP) is 2.68. The first-order chi connectivity index (χ1) is 6.11. The van der Waals surface area contributed by atoms with Gasteiger partial charge in [0.25, 0.3) is 0 Å². The third-order valence-corrected chi connectivity index (χ3v) is 3.62. The fourth-order valence-corrected chi connectivity index (χ4v) is 2.22. The van der Waals surface area contributed by atoms with E-state index in [9.17, 15) is 0 Å². The Morgan fingerprint density at radius 2 is 1.69 bits per heavy atom. The van der Waals surface area contributed by atoms with E-state index in [1.807, 2.05) is 0 Å². The summed E-state index contributed by atoms with van der Waals surface area (Å²) in [4.78, 5) is 0. The third-order valence-electron chi connectivity index (χ3n) is 3.62. The van der Waals surface area contributed by atoms with Crippen molar-refractivity contribution in [2.24, 2.45) is 17.8 Å². The molecule has 3 unspecified atom stereocenters. The van der Waals surface area contributed by atoms with Gasteiger partial charge in [0, 0.05) is 13.0 Å². The van der Waals surface area contributed by atoms with Crippen molar-refractivity contribution in [3.8, 4) is 0 Å². The second-order valence-corrected chi connectivity index (χ2v) is 4.26. The first-order valence-corrected chi connectivity index (χ1v) is 5.30. The molecule has 1 rings (SSSR count). The standard InChI is InChI=1S/C11H22O2/c1-6-10-8(3)7(2)9(4)11(12-5)13-10/h7-11H,6H2,1-5H3/t7?,8-,9?,10?,11+/m0/s1. The van der Waals surface area contributed by atoms with Crippen LogP contribution in [-0.4, -0.2) is 19.5 Å². The molecule has 13 heavy (non-hydrogen) atoms. The van der Waals surface area contributed by atoms with Gasteiger partial charge in [-0.3, -0.25) is 0 Å². The molecule has 0 radical (unpaired) electrons. The van der Waals surface area contributed by atoms with Crippen molar-refractivity contribution in [3.05, 3.63) is 0 Å². The lowest BCUT2D eigenvalue weighted by Crippen LogP contribution is -2.45. The molecular weight excluding hydrogens is 164 g/mol. The lowest BCUT2D eigenvalue weighted by atomic mass is 9.78. The van der Waals surface area contributed by atoms with Crippen molar-refractivity contribution in [1.82, 2.24) is 0 Å². The van der Waals surface area contributed by atoms with Crippen molar-refractivity contribution in [2.45, 2.75) is 46.5 Å². The van der Waals surface area contributed by atoms with Crippen LogP contribution in [0.2, 0.25) is 0 Å². The van der Waals surface area contributed by atoms with Crippen LogP contribution < -0.4 is 0 Å². The van der Waals surface area contributed by atoms with Crippen LogP contribution in [0.15, 0.2) is 0 Å². The van der Waals surface area contributed by atoms with Crippen LogP contribution >= 0.6 is 0 Å². The zero-order chi connectivity index (χ0) is 10.0. The minimum absolute atomic E-state index is 0.00356. The predicted molar refractivity (Wildman–Crippen MR) is 53.5 cm³/mol. The smallest absolute Gasteiger partial charge is 0.160 e. The molecule has 5 atom stereocenters. The molecule has 1 heterocycles. The van der Waals surface area contributed by atoms with Gasteiger partial charge in [-0.15, -0.1) is 0 Å². The number of rotatable bonds is 2. The van der Waals surface area contributed by atoms with Gasteiger partial charge in [-0.1, -0.05) is 27.7 Å². The monoisotopic (exact) mass is 186 g/mol. The van der Waals surface area contributed by atoms with E-state index in [0.717, 1.165) is 6.42 Å². The second kappa shape index (κ2) is 4.43. The van der Waals surface area contributed by atoms with Crippen LogP contribution in [0.5, 0.6) is 0 Å². The molecular formula is C11H22O2. The van der Waals surface area contributed by atoms with Gasteiger partial charge in [0.1, 0.15) is 0 Å². The number of methoxy groups -OCH3 is 1. The molecule has 0 aromatic rings. The van der Waals surface area contributed by atoms with E-state index >= 15 is 0 Å². The van der Waals surface area contributed by atoms with Crippen LogP contribution in [0.1, 0.15) is 34.1 Å². The Hall–Kier alpha value is -0.0800. The second-order valence-electron chi connectivity index (χ2n) is 4.26. The summed E-state index contributed by atoms with van der Waals surface area (Å²) in [6.07, 6.45) is 1.45. The summed E-state index contributed by atoms with van der Waals surface area (Å²) >= 11 is 0. The highest BCUT2D eigenvalue weighted by Gasteiger charge is 2.38. The average molecular weight is 186 g/mol. The lowest BCUT2D eigenvalue weighted by Gasteiger charge is -2.42. The molecule has 1 aliphatic heterocycles. The molecule has 0 spiro atoms. The molecule has 2 heteroatoms. The fourth-order valence-electron chi connectivity index (χ4n) is 2.22. The molecule has 0 bridgehead atoms. The molecule has 0 aromatic carbocycles. The Kier molecular flexibility index (Phi) is 3.74. The fraction of sp³-hybridized carbons (Fsp3) is 1.00. The zero-order valence-electron chi connectivity index (χ0n) is 9.41. The van der Waals surface area contributed by atoms with Gasteiger partial charge in [-0.05, 0) is 18.3 Å². The summed E-state index contributed by atoms with van der Waals surface area (Å²) in [5, 5.41) is 0. The first kappa shape index (κ1) is 11.0. The number of hydrogen-bond acceptors (Lipinski definition) is 2. The van der Waals surface area contributed by atoms with E-state index in [1.54, 1.807) is 7.11 Å². The lowest BCUT2D eigenvalue weighted by molar-refractivity contribution is -0.237. The van der Waals surface area contributed by atoms with Gasteiger partial charge in [-0.2, -0.15) is 0 Å². The van der Waals surface area contributed by atoms with Gasteiger partial charge in [0.2, 0.25) is 0 Å². The minimum Gasteiger partial charge on any atom is -0.356 e. The molecule has 0 aliphatic carbocycles. The Morgan fingerprint density at radius 3 is 2.15 bits per heavy atom. The number of ether oxygens (including phenoxy) is 2. The number of hydrogen-bond donors (Lipinski definition) is 0. The van der Waals surface area contributed by atoms with Gasteiger partial charge in [-0.25, -0.2) is 0 Å². The molecule has 0 N–H and O–H groups in total. The highest BCUT2D eigenvalue weighted by atomic mass is 16.7. The maximum absolute atomic E-state index is 5.86. The van der Waals surface area contributed by atoms with E-state index in [-0.39, 0.29) is 6.29 Å². The topological polar surface area (TPSA) is 18.5 Å². The van der Waals surface area contributed by atoms with Gasteiger partial charge in [0.05, 0.1) is 6.10 Å². The van der Waals surface area contributed by atoms with Crippen LogP contribution in [-0.2, 0) is 9.47 Å². The SMILES string of the molecule is CCC1O[C@@H](OC)C(C)C(C)[C@@H]1C. The summed E-state index contributed by atoms with van der Waals surface area (Å²) in [6.45, 7) is 8.96. The molecule has 1 aliphatic rings. The highest BCUT2D eigenvalue weighted by molar-refractivity contribution is 4.81. The van der Waals surface area contributed by atoms with E-state index in [0.29, 0.717) is 23.9 Å². The summed E-state index contributed by atoms with van der Waals surface area (Å²) in [7, 11) is 1.73. The Bertz CT molecular complexity index is 138.